The van der Waals surface area contributed by atoms with Crippen molar-refractivity contribution in [2.24, 2.45) is 5.16 Å². The van der Waals surface area contributed by atoms with Gasteiger partial charge in [0.25, 0.3) is 5.91 Å². The van der Waals surface area contributed by atoms with Crippen molar-refractivity contribution in [2.75, 3.05) is 20.7 Å². The van der Waals surface area contributed by atoms with Crippen LogP contribution in [0.25, 0.3) is 0 Å². The van der Waals surface area contributed by atoms with E-state index in [1.165, 1.54) is 4.90 Å². The Morgan fingerprint density at radius 3 is 2.39 bits per heavy atom. The first-order chi connectivity index (χ1) is 8.58. The maximum atomic E-state index is 11.3. The first-order valence-electron chi connectivity index (χ1n) is 5.72. The van der Waals surface area contributed by atoms with E-state index in [2.05, 4.69) is 5.16 Å². The number of hydrogen-bond donors (Lipinski definition) is 1. The normalized spacial score (nSPS) is 11.2. The number of ether oxygens (including phenoxy) is 1. The molecule has 0 spiro atoms. The van der Waals surface area contributed by atoms with Crippen LogP contribution in [-0.2, 0) is 4.79 Å². The van der Waals surface area contributed by atoms with Gasteiger partial charge in [0.15, 0.2) is 6.61 Å². The lowest BCUT2D eigenvalue weighted by Gasteiger charge is -2.11. The van der Waals surface area contributed by atoms with Crippen molar-refractivity contribution in [3.8, 4) is 5.75 Å². The van der Waals surface area contributed by atoms with Gasteiger partial charge in [0, 0.05) is 14.1 Å². The summed E-state index contributed by atoms with van der Waals surface area (Å²) in [6.45, 7) is 1.93. The zero-order chi connectivity index (χ0) is 13.5. The summed E-state index contributed by atoms with van der Waals surface area (Å²) in [5, 5.41) is 12.0. The largest absolute Gasteiger partial charge is 0.484 e. The van der Waals surface area contributed by atoms with Crippen LogP contribution in [0.4, 0.5) is 0 Å². The number of carbonyl (C=O) groups excluding carboxylic acids is 1. The maximum absolute atomic E-state index is 11.3. The average Bonchev–Trinajstić information content (AvgIpc) is 2.38. The Kier molecular flexibility index (Phi) is 5.17. The van der Waals surface area contributed by atoms with E-state index in [-0.39, 0.29) is 12.5 Å². The van der Waals surface area contributed by atoms with Gasteiger partial charge in [-0.05, 0) is 36.2 Å². The number of amides is 1. The Labute approximate surface area is 107 Å². The molecular formula is C13H18N2O3. The minimum atomic E-state index is -0.0924. The Hall–Kier alpha value is -2.04. The fourth-order valence-electron chi connectivity index (χ4n) is 1.35. The smallest absolute Gasteiger partial charge is 0.259 e. The van der Waals surface area contributed by atoms with Crippen molar-refractivity contribution < 1.29 is 14.7 Å². The molecule has 0 fully saturated rings. The summed E-state index contributed by atoms with van der Waals surface area (Å²) >= 11 is 0. The molecule has 5 nitrogen and oxygen atoms in total. The van der Waals surface area contributed by atoms with E-state index in [4.69, 9.17) is 9.94 Å². The van der Waals surface area contributed by atoms with Crippen molar-refractivity contribution in [2.45, 2.75) is 13.3 Å². The molecule has 0 aromatic heterocycles. The van der Waals surface area contributed by atoms with Crippen molar-refractivity contribution in [3.63, 3.8) is 0 Å². The third-order valence-corrected chi connectivity index (χ3v) is 2.50. The number of benzene rings is 1. The molecule has 1 aromatic carbocycles. The van der Waals surface area contributed by atoms with Gasteiger partial charge in [-0.25, -0.2) is 0 Å². The predicted octanol–water partition coefficient (Wildman–Crippen LogP) is 1.74. The minimum Gasteiger partial charge on any atom is -0.484 e. The Morgan fingerprint density at radius 2 is 1.94 bits per heavy atom. The maximum Gasteiger partial charge on any atom is 0.259 e. The van der Waals surface area contributed by atoms with Crippen LogP contribution in [0.1, 0.15) is 18.9 Å². The van der Waals surface area contributed by atoms with Crippen molar-refractivity contribution in [1.29, 1.82) is 0 Å². The molecule has 1 aromatic rings. The van der Waals surface area contributed by atoms with Crippen LogP contribution in [-0.4, -0.2) is 42.4 Å². The first-order valence-corrected chi connectivity index (χ1v) is 5.72. The lowest BCUT2D eigenvalue weighted by atomic mass is 10.1. The van der Waals surface area contributed by atoms with Crippen LogP contribution < -0.4 is 4.74 Å². The van der Waals surface area contributed by atoms with E-state index in [1.807, 2.05) is 6.92 Å². The second-order valence-corrected chi connectivity index (χ2v) is 4.00. The molecule has 1 N–H and O–H groups in total. The number of nitrogens with zero attached hydrogens (tertiary/aromatic N) is 2. The molecule has 0 saturated heterocycles. The van der Waals surface area contributed by atoms with E-state index >= 15 is 0 Å². The van der Waals surface area contributed by atoms with Gasteiger partial charge >= 0.3 is 0 Å². The Morgan fingerprint density at radius 1 is 1.33 bits per heavy atom. The molecule has 0 aliphatic rings. The van der Waals surface area contributed by atoms with Crippen LogP contribution in [0, 0.1) is 0 Å². The average molecular weight is 250 g/mol. The fourth-order valence-corrected chi connectivity index (χ4v) is 1.35. The van der Waals surface area contributed by atoms with Crippen LogP contribution in [0.5, 0.6) is 5.75 Å². The van der Waals surface area contributed by atoms with Crippen molar-refractivity contribution in [1.82, 2.24) is 4.90 Å². The standard InChI is InChI=1S/C13H18N2O3/c1-4-12(14-17)10-5-7-11(8-6-10)18-9-13(16)15(2)3/h5-8,17H,4,9H2,1-3H3/b14-12+. The summed E-state index contributed by atoms with van der Waals surface area (Å²) in [6, 6.07) is 7.10. The molecule has 0 bridgehead atoms. The molecule has 0 radical (unpaired) electrons. The minimum absolute atomic E-state index is 0.0150. The molecule has 98 valence electrons. The van der Waals surface area contributed by atoms with Gasteiger partial charge < -0.3 is 14.8 Å². The molecule has 18 heavy (non-hydrogen) atoms. The first kappa shape index (κ1) is 14.0. The van der Waals surface area contributed by atoms with Gasteiger partial charge in [0.1, 0.15) is 5.75 Å². The van der Waals surface area contributed by atoms with Gasteiger partial charge in [-0.15, -0.1) is 0 Å². The summed E-state index contributed by atoms with van der Waals surface area (Å²) in [5.41, 5.74) is 1.46. The molecule has 1 rings (SSSR count). The molecule has 0 aliphatic heterocycles. The van der Waals surface area contributed by atoms with Crippen molar-refractivity contribution >= 4 is 11.6 Å². The molecular weight excluding hydrogens is 232 g/mol. The third kappa shape index (κ3) is 3.76. The number of rotatable bonds is 5. The lowest BCUT2D eigenvalue weighted by Crippen LogP contribution is -2.27. The third-order valence-electron chi connectivity index (χ3n) is 2.50. The lowest BCUT2D eigenvalue weighted by molar-refractivity contribution is -0.130. The predicted molar refractivity (Wildman–Crippen MR) is 69.2 cm³/mol. The molecule has 0 aliphatic carbocycles. The molecule has 0 heterocycles. The number of oxime groups is 1. The molecule has 0 saturated carbocycles. The highest BCUT2D eigenvalue weighted by molar-refractivity contribution is 6.00. The van der Waals surface area contributed by atoms with E-state index < -0.39 is 0 Å². The fraction of sp³-hybridized carbons (Fsp3) is 0.385. The summed E-state index contributed by atoms with van der Waals surface area (Å²) in [5.74, 6) is 0.521. The molecule has 0 atom stereocenters. The van der Waals surface area contributed by atoms with Crippen LogP contribution in [0.15, 0.2) is 29.4 Å². The zero-order valence-corrected chi connectivity index (χ0v) is 10.9. The zero-order valence-electron chi connectivity index (χ0n) is 10.9. The number of carbonyl (C=O) groups is 1. The highest BCUT2D eigenvalue weighted by Gasteiger charge is 2.06. The summed E-state index contributed by atoms with van der Waals surface area (Å²) < 4.78 is 5.34. The van der Waals surface area contributed by atoms with Gasteiger partial charge in [-0.2, -0.15) is 0 Å². The summed E-state index contributed by atoms with van der Waals surface area (Å²) in [4.78, 5) is 12.8. The van der Waals surface area contributed by atoms with Crippen LogP contribution in [0.2, 0.25) is 0 Å². The van der Waals surface area contributed by atoms with E-state index in [1.54, 1.807) is 38.4 Å². The van der Waals surface area contributed by atoms with E-state index in [9.17, 15) is 4.79 Å². The Balaban J connectivity index is 2.64. The highest BCUT2D eigenvalue weighted by atomic mass is 16.5. The second kappa shape index (κ2) is 6.64. The highest BCUT2D eigenvalue weighted by Crippen LogP contribution is 2.13. The van der Waals surface area contributed by atoms with Gasteiger partial charge in [0.2, 0.25) is 0 Å². The number of likely N-dealkylation sites (N-methyl/N-ethyl adjacent to an activating group) is 1. The Bertz CT molecular complexity index is 424. The second-order valence-electron chi connectivity index (χ2n) is 4.00. The SMILES string of the molecule is CC/C(=N\O)c1ccc(OCC(=O)N(C)C)cc1. The summed E-state index contributed by atoms with van der Waals surface area (Å²) in [7, 11) is 3.36. The van der Waals surface area contributed by atoms with Crippen LogP contribution >= 0.6 is 0 Å². The van der Waals surface area contributed by atoms with E-state index in [0.717, 1.165) is 5.56 Å². The van der Waals surface area contributed by atoms with E-state index in [0.29, 0.717) is 17.9 Å². The van der Waals surface area contributed by atoms with Crippen LogP contribution in [0.3, 0.4) is 0 Å². The van der Waals surface area contributed by atoms with Gasteiger partial charge in [-0.3, -0.25) is 4.79 Å². The van der Waals surface area contributed by atoms with Gasteiger partial charge in [0.05, 0.1) is 5.71 Å². The topological polar surface area (TPSA) is 62.1 Å². The monoisotopic (exact) mass is 250 g/mol. The molecule has 0 unspecified atom stereocenters. The number of hydrogen-bond acceptors (Lipinski definition) is 4. The van der Waals surface area contributed by atoms with Gasteiger partial charge in [-0.1, -0.05) is 12.1 Å². The molecule has 5 heteroatoms. The summed E-state index contributed by atoms with van der Waals surface area (Å²) in [6.07, 6.45) is 0.649. The molecule has 1 amide bonds. The van der Waals surface area contributed by atoms with Crippen molar-refractivity contribution in [3.05, 3.63) is 29.8 Å². The quantitative estimate of drug-likeness (QED) is 0.492.